The number of nitrogens with zero attached hydrogens (tertiary/aromatic N) is 2. The fourth-order valence-corrected chi connectivity index (χ4v) is 2.28. The van der Waals surface area contributed by atoms with Crippen molar-refractivity contribution in [1.29, 1.82) is 0 Å². The largest absolute Gasteiger partial charge is 0.478 e. The molecule has 1 aliphatic rings. The number of hydrogen-bond donors (Lipinski definition) is 1. The minimum Gasteiger partial charge on any atom is -0.478 e. The molecule has 1 N–H and O–H groups in total. The van der Waals surface area contributed by atoms with Crippen molar-refractivity contribution in [1.82, 2.24) is 15.0 Å². The van der Waals surface area contributed by atoms with Crippen LogP contribution in [0, 0.1) is 0 Å². The van der Waals surface area contributed by atoms with Crippen molar-refractivity contribution in [2.75, 3.05) is 6.61 Å². The van der Waals surface area contributed by atoms with E-state index in [1.165, 1.54) is 0 Å². The predicted molar refractivity (Wildman–Crippen MR) is 67.6 cm³/mol. The second-order valence-electron chi connectivity index (χ2n) is 4.59. The van der Waals surface area contributed by atoms with Gasteiger partial charge in [-0.15, -0.1) is 0 Å². The first kappa shape index (κ1) is 11.5. The van der Waals surface area contributed by atoms with Gasteiger partial charge in [0.05, 0.1) is 18.2 Å². The van der Waals surface area contributed by atoms with Gasteiger partial charge in [-0.25, -0.2) is 4.98 Å². The summed E-state index contributed by atoms with van der Waals surface area (Å²) in [4.78, 5) is 12.1. The van der Waals surface area contributed by atoms with E-state index in [4.69, 9.17) is 9.47 Å². The summed E-state index contributed by atoms with van der Waals surface area (Å²) >= 11 is 0. The number of ether oxygens (including phenoxy) is 2. The summed E-state index contributed by atoms with van der Waals surface area (Å²) in [6.45, 7) is 4.64. The van der Waals surface area contributed by atoms with Gasteiger partial charge in [-0.1, -0.05) is 0 Å². The van der Waals surface area contributed by atoms with Gasteiger partial charge in [0.15, 0.2) is 5.65 Å². The Labute approximate surface area is 106 Å². The van der Waals surface area contributed by atoms with E-state index in [2.05, 4.69) is 21.9 Å². The molecule has 2 aromatic heterocycles. The lowest BCUT2D eigenvalue weighted by Gasteiger charge is -2.06. The molecule has 1 saturated heterocycles. The van der Waals surface area contributed by atoms with Crippen molar-refractivity contribution < 1.29 is 9.47 Å². The molecule has 1 fully saturated rings. The van der Waals surface area contributed by atoms with E-state index in [1.54, 1.807) is 0 Å². The van der Waals surface area contributed by atoms with Crippen LogP contribution in [0.5, 0.6) is 5.88 Å². The summed E-state index contributed by atoms with van der Waals surface area (Å²) in [5.74, 6) is 1.49. The lowest BCUT2D eigenvalue weighted by Crippen LogP contribution is -2.02. The molecule has 2 atom stereocenters. The third kappa shape index (κ3) is 2.06. The van der Waals surface area contributed by atoms with Gasteiger partial charge in [-0.3, -0.25) is 0 Å². The van der Waals surface area contributed by atoms with Crippen molar-refractivity contribution in [3.05, 3.63) is 18.0 Å². The number of fused-ring (bicyclic) bond motifs is 1. The average molecular weight is 247 g/mol. The quantitative estimate of drug-likeness (QED) is 0.905. The Hall–Kier alpha value is -1.62. The normalized spacial score (nSPS) is 23.7. The van der Waals surface area contributed by atoms with E-state index in [-0.39, 0.29) is 6.10 Å². The van der Waals surface area contributed by atoms with Crippen molar-refractivity contribution in [2.45, 2.75) is 38.9 Å². The first-order valence-corrected chi connectivity index (χ1v) is 6.41. The van der Waals surface area contributed by atoms with Crippen LogP contribution in [0.25, 0.3) is 11.2 Å². The number of aromatic amines is 1. The Morgan fingerprint density at radius 3 is 3.00 bits per heavy atom. The number of pyridine rings is 1. The van der Waals surface area contributed by atoms with Crippen LogP contribution in [0.1, 0.15) is 38.6 Å². The Bertz CT molecular complexity index is 552. The Balaban J connectivity index is 1.90. The fourth-order valence-electron chi connectivity index (χ4n) is 2.28. The molecule has 3 rings (SSSR count). The van der Waals surface area contributed by atoms with Gasteiger partial charge in [-0.05, 0) is 32.8 Å². The van der Waals surface area contributed by atoms with E-state index >= 15 is 0 Å². The number of nitrogens with one attached hydrogen (secondary N) is 1. The van der Waals surface area contributed by atoms with Gasteiger partial charge < -0.3 is 14.5 Å². The monoisotopic (exact) mass is 247 g/mol. The molecule has 0 spiro atoms. The van der Waals surface area contributed by atoms with Crippen molar-refractivity contribution in [3.63, 3.8) is 0 Å². The molecule has 0 radical (unpaired) electrons. The van der Waals surface area contributed by atoms with Gasteiger partial charge in [0.25, 0.3) is 0 Å². The van der Waals surface area contributed by atoms with Crippen LogP contribution in [0.2, 0.25) is 0 Å². The molecule has 0 bridgehead atoms. The molecule has 2 unspecified atom stereocenters. The van der Waals surface area contributed by atoms with Crippen molar-refractivity contribution in [3.8, 4) is 5.88 Å². The fraction of sp³-hybridized carbons (Fsp3) is 0.538. The van der Waals surface area contributed by atoms with Crippen molar-refractivity contribution in [2.24, 2.45) is 0 Å². The summed E-state index contributed by atoms with van der Waals surface area (Å²) < 4.78 is 11.2. The number of imidazole rings is 1. The predicted octanol–water partition coefficient (Wildman–Crippen LogP) is 2.60. The van der Waals surface area contributed by atoms with Crippen LogP contribution in [-0.4, -0.2) is 27.7 Å². The maximum atomic E-state index is 5.80. The molecule has 5 heteroatoms. The van der Waals surface area contributed by atoms with Crippen LogP contribution in [-0.2, 0) is 4.74 Å². The molecule has 18 heavy (non-hydrogen) atoms. The molecular formula is C13H17N3O2. The summed E-state index contributed by atoms with van der Waals surface area (Å²) in [6.07, 6.45) is 2.48. The molecule has 5 nitrogen and oxygen atoms in total. The van der Waals surface area contributed by atoms with Crippen LogP contribution in [0.4, 0.5) is 0 Å². The molecule has 0 aliphatic carbocycles. The van der Waals surface area contributed by atoms with Gasteiger partial charge in [0.2, 0.25) is 5.88 Å². The first-order chi connectivity index (χ1) is 8.76. The Morgan fingerprint density at radius 1 is 1.39 bits per heavy atom. The lowest BCUT2D eigenvalue weighted by atomic mass is 10.2. The highest BCUT2D eigenvalue weighted by molar-refractivity contribution is 5.71. The lowest BCUT2D eigenvalue weighted by molar-refractivity contribution is 0.0510. The number of hydrogen-bond acceptors (Lipinski definition) is 4. The maximum Gasteiger partial charge on any atom is 0.215 e. The minimum atomic E-state index is 0.0738. The molecule has 0 saturated carbocycles. The zero-order chi connectivity index (χ0) is 12.5. The zero-order valence-corrected chi connectivity index (χ0v) is 10.6. The number of H-pyrrole nitrogens is 1. The summed E-state index contributed by atoms with van der Waals surface area (Å²) in [6, 6.07) is 3.80. The standard InChI is InChI=1S/C13H17N3O2/c1-3-17-11-7-5-9-12(15-11)16-13(14-9)10-6-4-8(2)18-10/h5,7-8,10H,3-4,6H2,1-2H3,(H,14,15,16). The van der Waals surface area contributed by atoms with Gasteiger partial charge >= 0.3 is 0 Å². The molecule has 0 amide bonds. The first-order valence-electron chi connectivity index (χ1n) is 6.41. The minimum absolute atomic E-state index is 0.0738. The van der Waals surface area contributed by atoms with E-state index in [9.17, 15) is 0 Å². The highest BCUT2D eigenvalue weighted by Crippen LogP contribution is 2.31. The molecule has 0 aromatic carbocycles. The summed E-state index contributed by atoms with van der Waals surface area (Å²) in [7, 11) is 0. The average Bonchev–Trinajstić information content (AvgIpc) is 2.94. The third-order valence-corrected chi connectivity index (χ3v) is 3.17. The second-order valence-corrected chi connectivity index (χ2v) is 4.59. The SMILES string of the molecule is CCOc1ccc2[nH]c(C3CCC(C)O3)nc2n1. The van der Waals surface area contributed by atoms with Crippen LogP contribution >= 0.6 is 0 Å². The molecule has 3 heterocycles. The van der Waals surface area contributed by atoms with Crippen LogP contribution in [0.3, 0.4) is 0 Å². The molecular weight excluding hydrogens is 230 g/mol. The van der Waals surface area contributed by atoms with Gasteiger partial charge in [0, 0.05) is 6.07 Å². The van der Waals surface area contributed by atoms with Crippen LogP contribution < -0.4 is 4.74 Å². The van der Waals surface area contributed by atoms with E-state index in [0.29, 0.717) is 24.2 Å². The zero-order valence-electron chi connectivity index (χ0n) is 10.6. The van der Waals surface area contributed by atoms with Crippen LogP contribution in [0.15, 0.2) is 12.1 Å². The molecule has 96 valence electrons. The molecule has 1 aliphatic heterocycles. The Kier molecular flexibility index (Phi) is 2.91. The third-order valence-electron chi connectivity index (χ3n) is 3.17. The van der Waals surface area contributed by atoms with E-state index in [0.717, 1.165) is 24.2 Å². The van der Waals surface area contributed by atoms with Gasteiger partial charge in [-0.2, -0.15) is 4.98 Å². The molecule has 2 aromatic rings. The maximum absolute atomic E-state index is 5.80. The summed E-state index contributed by atoms with van der Waals surface area (Å²) in [5.41, 5.74) is 1.62. The van der Waals surface area contributed by atoms with E-state index < -0.39 is 0 Å². The smallest absolute Gasteiger partial charge is 0.215 e. The summed E-state index contributed by atoms with van der Waals surface area (Å²) in [5, 5.41) is 0. The number of aromatic nitrogens is 3. The second kappa shape index (κ2) is 4.57. The Morgan fingerprint density at radius 2 is 2.28 bits per heavy atom. The highest BCUT2D eigenvalue weighted by atomic mass is 16.5. The number of rotatable bonds is 3. The topological polar surface area (TPSA) is 60.0 Å². The van der Waals surface area contributed by atoms with E-state index in [1.807, 2.05) is 19.1 Å². The van der Waals surface area contributed by atoms with Crippen molar-refractivity contribution >= 4 is 11.2 Å². The van der Waals surface area contributed by atoms with Gasteiger partial charge in [0.1, 0.15) is 11.9 Å². The highest BCUT2D eigenvalue weighted by Gasteiger charge is 2.26.